The van der Waals surface area contributed by atoms with Crippen LogP contribution in [-0.4, -0.2) is 58.3 Å². The number of hydrogen-bond donors (Lipinski definition) is 2. The Hall–Kier alpha value is -2.79. The Labute approximate surface area is 234 Å². The lowest BCUT2D eigenvalue weighted by atomic mass is 9.68. The van der Waals surface area contributed by atoms with Gasteiger partial charge in [-0.1, -0.05) is 31.3 Å². The Bertz CT molecular complexity index is 1380. The molecule has 39 heavy (non-hydrogen) atoms. The number of methoxy groups -OCH3 is 1. The number of aromatic nitrogens is 1. The van der Waals surface area contributed by atoms with Gasteiger partial charge in [0.2, 0.25) is 11.8 Å². The number of amides is 2. The fourth-order valence-corrected chi connectivity index (χ4v) is 10.2. The molecule has 2 aliphatic carbocycles. The van der Waals surface area contributed by atoms with Crippen LogP contribution in [0.5, 0.6) is 11.5 Å². The zero-order chi connectivity index (χ0) is 27.6. The number of thiazole rings is 1. The minimum Gasteiger partial charge on any atom is -0.493 e. The van der Waals surface area contributed by atoms with Crippen LogP contribution >= 0.6 is 23.1 Å². The highest BCUT2D eigenvalue weighted by Gasteiger charge is 2.69. The summed E-state index contributed by atoms with van der Waals surface area (Å²) in [6.45, 7) is 4.88. The number of likely N-dealkylation sites (tertiary alicyclic amines) is 1. The second-order valence-corrected chi connectivity index (χ2v) is 13.6. The first-order chi connectivity index (χ1) is 18.7. The van der Waals surface area contributed by atoms with Crippen molar-refractivity contribution in [2.45, 2.75) is 49.3 Å². The summed E-state index contributed by atoms with van der Waals surface area (Å²) in [4.78, 5) is 55.7. The number of aromatic amines is 1. The molecule has 6 rings (SSSR count). The van der Waals surface area contributed by atoms with E-state index in [4.69, 9.17) is 14.6 Å². The monoisotopic (exact) mass is 572 g/mol. The van der Waals surface area contributed by atoms with Crippen molar-refractivity contribution in [3.05, 3.63) is 38.3 Å². The molecular weight excluding hydrogens is 540 g/mol. The average Bonchev–Trinajstić information content (AvgIpc) is 3.62. The maximum Gasteiger partial charge on any atom is 0.305 e. The fraction of sp³-hybridized carbons (Fsp3) is 0.571. The number of imide groups is 1. The third kappa shape index (κ3) is 4.28. The number of carbonyl (C=O) groups excluding carboxylic acids is 2. The summed E-state index contributed by atoms with van der Waals surface area (Å²) in [5, 5.41) is 9.96. The van der Waals surface area contributed by atoms with E-state index in [-0.39, 0.29) is 76.8 Å². The molecule has 2 aliphatic heterocycles. The van der Waals surface area contributed by atoms with Crippen LogP contribution in [0.25, 0.3) is 0 Å². The van der Waals surface area contributed by atoms with Crippen molar-refractivity contribution in [2.75, 3.05) is 20.3 Å². The first-order valence-corrected chi connectivity index (χ1v) is 15.2. The van der Waals surface area contributed by atoms with E-state index in [1.54, 1.807) is 18.9 Å². The molecule has 3 fully saturated rings. The molecule has 2 saturated carbocycles. The smallest absolute Gasteiger partial charge is 0.305 e. The summed E-state index contributed by atoms with van der Waals surface area (Å²) in [6, 6.07) is 5.95. The first-order valence-electron chi connectivity index (χ1n) is 13.5. The number of nitrogens with zero attached hydrogens (tertiary/aromatic N) is 1. The van der Waals surface area contributed by atoms with Gasteiger partial charge in [0, 0.05) is 29.0 Å². The van der Waals surface area contributed by atoms with Crippen molar-refractivity contribution in [3.63, 3.8) is 0 Å². The van der Waals surface area contributed by atoms with Gasteiger partial charge >= 0.3 is 10.8 Å². The molecule has 4 aliphatic rings. The summed E-state index contributed by atoms with van der Waals surface area (Å²) in [5.41, 5.74) is 1.01. The number of carboxylic acid groups (broad SMARTS) is 1. The minimum absolute atomic E-state index is 0.0108. The number of fused-ring (bicyclic) bond motifs is 9. The number of nitrogens with one attached hydrogen (secondary N) is 1. The third-order valence-corrected chi connectivity index (χ3v) is 11.3. The van der Waals surface area contributed by atoms with Crippen LogP contribution in [0.2, 0.25) is 0 Å². The summed E-state index contributed by atoms with van der Waals surface area (Å²) < 4.78 is 11.7. The van der Waals surface area contributed by atoms with Crippen molar-refractivity contribution in [3.8, 4) is 11.5 Å². The summed E-state index contributed by atoms with van der Waals surface area (Å²) in [7, 11) is 1.62. The molecule has 1 saturated heterocycles. The second-order valence-electron chi connectivity index (χ2n) is 11.4. The number of thioether (sulfide) groups is 1. The highest BCUT2D eigenvalue weighted by molar-refractivity contribution is 8.00. The molecule has 2 amide bonds. The van der Waals surface area contributed by atoms with Crippen LogP contribution in [-0.2, 0) is 14.4 Å². The van der Waals surface area contributed by atoms with E-state index < -0.39 is 5.97 Å². The number of hydrogen-bond acceptors (Lipinski definition) is 8. The van der Waals surface area contributed by atoms with E-state index in [0.717, 1.165) is 21.9 Å². The van der Waals surface area contributed by atoms with Gasteiger partial charge in [-0.15, -0.1) is 11.8 Å². The maximum absolute atomic E-state index is 13.6. The lowest BCUT2D eigenvalue weighted by Gasteiger charge is -2.43. The standard InChI is InChI=1S/C28H32N2O7S2/c1-12(2)11-37-16-7-6-13(9-17(16)36-3)19-20-14-10-15(23(20)38-25-24(19)39-28(35)29-25)22-21(14)26(33)30(27(22)34)8-4-5-18(31)32/h6-7,9,12,14-15,19-23H,4-5,8,10-11H2,1-3H3,(H,29,35)(H,31,32)/t14?,15?,19-,20?,21?,22?,23?/m1/s1. The molecule has 7 atom stereocenters. The number of carbonyl (C=O) groups is 3. The van der Waals surface area contributed by atoms with Crippen LogP contribution in [0.3, 0.4) is 0 Å². The molecule has 3 heterocycles. The summed E-state index contributed by atoms with van der Waals surface area (Å²) in [5.74, 6) is -0.318. The molecule has 6 unspecified atom stereocenters. The number of H-pyrrole nitrogens is 1. The predicted octanol–water partition coefficient (Wildman–Crippen LogP) is 3.82. The van der Waals surface area contributed by atoms with Crippen molar-refractivity contribution >= 4 is 40.9 Å². The zero-order valence-electron chi connectivity index (χ0n) is 22.0. The van der Waals surface area contributed by atoms with Gasteiger partial charge in [-0.3, -0.25) is 24.1 Å². The minimum atomic E-state index is -0.934. The lowest BCUT2D eigenvalue weighted by molar-refractivity contribution is -0.142. The number of carboxylic acids is 1. The largest absolute Gasteiger partial charge is 0.493 e. The van der Waals surface area contributed by atoms with Gasteiger partial charge in [-0.05, 0) is 54.2 Å². The Balaban J connectivity index is 1.35. The second kappa shape index (κ2) is 9.99. The molecule has 208 valence electrons. The average molecular weight is 573 g/mol. The SMILES string of the molecule is COc1cc([C@H]2c3sc(=O)[nH]c3SC3C4CC(C5C(=O)N(CCCC(=O)O)C(=O)C45)C32)ccc1OCC(C)C. The molecule has 2 aromatic rings. The third-order valence-electron chi connectivity index (χ3n) is 8.71. The molecule has 2 N–H and O–H groups in total. The van der Waals surface area contributed by atoms with Crippen LogP contribution in [0.1, 0.15) is 49.5 Å². The van der Waals surface area contributed by atoms with E-state index in [1.807, 2.05) is 18.2 Å². The van der Waals surface area contributed by atoms with Crippen molar-refractivity contribution in [2.24, 2.45) is 35.5 Å². The van der Waals surface area contributed by atoms with E-state index in [0.29, 0.717) is 24.0 Å². The van der Waals surface area contributed by atoms with Crippen LogP contribution < -0.4 is 14.3 Å². The van der Waals surface area contributed by atoms with Crippen molar-refractivity contribution in [1.82, 2.24) is 9.88 Å². The van der Waals surface area contributed by atoms with Gasteiger partial charge in [0.15, 0.2) is 11.5 Å². The lowest BCUT2D eigenvalue weighted by Crippen LogP contribution is -2.42. The molecule has 9 nitrogen and oxygen atoms in total. The molecule has 1 aromatic carbocycles. The molecule has 0 spiro atoms. The number of benzene rings is 1. The summed E-state index contributed by atoms with van der Waals surface area (Å²) >= 11 is 2.87. The molecule has 1 aromatic heterocycles. The van der Waals surface area contributed by atoms with E-state index in [2.05, 4.69) is 18.8 Å². The van der Waals surface area contributed by atoms with Crippen LogP contribution in [0.4, 0.5) is 0 Å². The van der Waals surface area contributed by atoms with E-state index in [1.165, 1.54) is 16.2 Å². The molecule has 2 bridgehead atoms. The Morgan fingerprint density at radius 2 is 1.90 bits per heavy atom. The van der Waals surface area contributed by atoms with Crippen molar-refractivity contribution in [1.29, 1.82) is 0 Å². The quantitative estimate of drug-likeness (QED) is 0.435. The van der Waals surface area contributed by atoms with Gasteiger partial charge in [0.1, 0.15) is 0 Å². The normalized spacial score (nSPS) is 30.5. The highest BCUT2D eigenvalue weighted by Crippen LogP contribution is 2.68. The topological polar surface area (TPSA) is 126 Å². The van der Waals surface area contributed by atoms with E-state index in [9.17, 15) is 19.2 Å². The van der Waals surface area contributed by atoms with E-state index >= 15 is 0 Å². The summed E-state index contributed by atoms with van der Waals surface area (Å²) in [6.07, 6.45) is 0.991. The van der Waals surface area contributed by atoms with Gasteiger partial charge in [0.05, 0.1) is 30.6 Å². The number of rotatable bonds is 9. The molecule has 11 heteroatoms. The highest BCUT2D eigenvalue weighted by atomic mass is 32.2. The first kappa shape index (κ1) is 26.4. The van der Waals surface area contributed by atoms with Gasteiger partial charge in [0.25, 0.3) is 0 Å². The maximum atomic E-state index is 13.6. The number of ether oxygens (including phenoxy) is 2. The van der Waals surface area contributed by atoms with Crippen LogP contribution in [0.15, 0.2) is 28.0 Å². The molecular formula is C28H32N2O7S2. The van der Waals surface area contributed by atoms with Crippen LogP contribution in [0, 0.1) is 35.5 Å². The Kier molecular flexibility index (Phi) is 6.77. The fourth-order valence-electron chi connectivity index (χ4n) is 7.31. The Morgan fingerprint density at radius 3 is 2.59 bits per heavy atom. The van der Waals surface area contributed by atoms with Gasteiger partial charge < -0.3 is 19.6 Å². The molecule has 0 radical (unpaired) electrons. The van der Waals surface area contributed by atoms with Gasteiger partial charge in [-0.2, -0.15) is 0 Å². The number of aliphatic carboxylic acids is 1. The predicted molar refractivity (Wildman–Crippen MR) is 145 cm³/mol. The Morgan fingerprint density at radius 1 is 1.15 bits per heavy atom. The van der Waals surface area contributed by atoms with Gasteiger partial charge in [-0.25, -0.2) is 0 Å². The van der Waals surface area contributed by atoms with Crippen molar-refractivity contribution < 1.29 is 29.0 Å². The zero-order valence-corrected chi connectivity index (χ0v) is 23.7.